The molecule has 0 amide bonds. The van der Waals surface area contributed by atoms with Crippen molar-refractivity contribution < 1.29 is 8.78 Å². The topological polar surface area (TPSA) is 47.5 Å². The first-order chi connectivity index (χ1) is 50.6. The molecule has 104 heavy (non-hydrogen) atoms. The fourth-order valence-electron chi connectivity index (χ4n) is 6.85. The molecule has 0 radical (unpaired) electrons. The lowest BCUT2D eigenvalue weighted by molar-refractivity contribution is 0.0557. The maximum Gasteiger partial charge on any atom is 0.251 e. The van der Waals surface area contributed by atoms with Gasteiger partial charge in [-0.2, -0.15) is 0 Å². The number of hydrogen-bond acceptors (Lipinski definition) is 8. The molecule has 4 bridgehead atoms. The summed E-state index contributed by atoms with van der Waals surface area (Å²) in [5, 5.41) is 3.65. The summed E-state index contributed by atoms with van der Waals surface area (Å²) >= 11 is 9.64. The smallest absolute Gasteiger partial charge is 0.251 e. The van der Waals surface area contributed by atoms with Crippen LogP contribution in [0.25, 0.3) is 0 Å². The summed E-state index contributed by atoms with van der Waals surface area (Å²) in [7, 11) is 108. The molecule has 2 aromatic rings. The van der Waals surface area contributed by atoms with Gasteiger partial charge in [0.25, 0.3) is 6.43 Å². The standard InChI is InChI=1S/C16H23N3Si.C15H17F2N3.ClH.S63/c1-20(2,3)9-8-13-4-7-16(17-10-13)19-11-14-5-6-15(12-19)18-14;1-2-11-3-6-15(18-7-11)19-8-12-4-5-13(9-19)20(12)10-14(16)17;;1-3-5-7-9-11-13-15-17-19-21-23-25-27-29-31-33-35-37-39-41-43-45-47-49-51-53-55-57-59-61-63-62-60-58-56-54-52-50-48-46-44-42-40-38-36-34-32-30-28-26-24-22-20-18-16-14-12-10-8-6-4-2/h4,7,10,14-15,18H,5-6,11-12H2,1-3H3;1,3,6-7,12-14H,4-5,8-10H2;1H;. The molecule has 6 heterocycles. The molecule has 4 aliphatic heterocycles. The molecule has 1 N–H and O–H groups in total. The van der Waals surface area contributed by atoms with Gasteiger partial charge < -0.3 is 15.1 Å². The highest BCUT2D eigenvalue weighted by Gasteiger charge is 2.41. The van der Waals surface area contributed by atoms with Crippen molar-refractivity contribution in [3.05, 3.63) is 47.8 Å². The van der Waals surface area contributed by atoms with Crippen LogP contribution in [-0.4, -0.2) is 86.3 Å². The van der Waals surface area contributed by atoms with Gasteiger partial charge in [0, 0.05) is 638 Å². The fraction of sp³-hybridized carbons (Fsp3) is 0.548. The monoisotopic (exact) mass is 2610 g/mol. The number of nitrogens with zero attached hydrogens (tertiary/aromatic N) is 5. The molecule has 0 saturated carbocycles. The first-order valence-corrected chi connectivity index (χ1v) is 111. The van der Waals surface area contributed by atoms with Crippen LogP contribution in [-0.2, 0) is 564 Å². The van der Waals surface area contributed by atoms with Crippen LogP contribution in [0.1, 0.15) is 36.8 Å². The average Bonchev–Trinajstić information content (AvgIpc) is 1.55. The maximum atomic E-state index is 12.6. The van der Waals surface area contributed by atoms with Crippen molar-refractivity contribution in [3.63, 3.8) is 0 Å². The third-order valence-electron chi connectivity index (χ3n) is 9.76. The first kappa shape index (κ1) is 109. The summed E-state index contributed by atoms with van der Waals surface area (Å²) in [5.41, 5.74) is 5.18. The van der Waals surface area contributed by atoms with Crippen LogP contribution in [0.2, 0.25) is 19.6 Å². The van der Waals surface area contributed by atoms with Crippen molar-refractivity contribution in [1.82, 2.24) is 20.2 Å². The Labute approximate surface area is 795 Å². The summed E-state index contributed by atoms with van der Waals surface area (Å²) < 4.78 is 25.2. The second-order valence-electron chi connectivity index (χ2n) is 16.5. The van der Waals surface area contributed by atoms with Crippen LogP contribution < -0.4 is 15.1 Å². The number of nitrogens with one attached hydrogen (secondary N) is 1. The van der Waals surface area contributed by atoms with E-state index in [2.05, 4.69) is 74.2 Å². The molecule has 0 aliphatic carbocycles. The van der Waals surface area contributed by atoms with Crippen LogP contribution in [0.4, 0.5) is 20.4 Å². The Morgan fingerprint density at radius 3 is 0.846 bits per heavy atom. The van der Waals surface area contributed by atoms with Crippen molar-refractivity contribution in [2.24, 2.45) is 0 Å². The number of hydrogen-bond donors (Lipinski definition) is 1. The number of anilines is 2. The highest BCUT2D eigenvalue weighted by molar-refractivity contribution is 8.83. The molecule has 73 heteroatoms. The number of fused-ring (bicyclic) bond motifs is 4. The van der Waals surface area contributed by atoms with E-state index in [9.17, 15) is 8.78 Å². The number of piperazine rings is 2. The molecule has 4 unspecified atom stereocenters. The molecule has 0 aromatic carbocycles. The third-order valence-corrected chi connectivity index (χ3v) is 144. The van der Waals surface area contributed by atoms with Crippen LogP contribution in [0.15, 0.2) is 36.7 Å². The molecule has 4 fully saturated rings. The second kappa shape index (κ2) is 80.0. The number of terminal acetylenes is 1. The second-order valence-corrected chi connectivity index (χ2v) is 129. The van der Waals surface area contributed by atoms with Crippen LogP contribution in [0.3, 0.4) is 0 Å². The Morgan fingerprint density at radius 2 is 0.635 bits per heavy atom. The van der Waals surface area contributed by atoms with E-state index in [1.165, 1.54) is 30.6 Å². The Morgan fingerprint density at radius 1 is 0.394 bits per heavy atom. The van der Waals surface area contributed by atoms with Gasteiger partial charge in [-0.15, -0.1) is 24.4 Å². The molecule has 2 aromatic heterocycles. The summed E-state index contributed by atoms with van der Waals surface area (Å²) in [6, 6.07) is 9.77. The Balaban J connectivity index is 0.000000540. The zero-order valence-electron chi connectivity index (χ0n) is 49.9. The van der Waals surface area contributed by atoms with Gasteiger partial charge in [-0.3, -0.25) is 4.90 Å². The van der Waals surface area contributed by atoms with Crippen molar-refractivity contribution in [3.8, 4) is 23.8 Å². The van der Waals surface area contributed by atoms with Crippen molar-refractivity contribution in [1.29, 1.82) is 0 Å². The number of rotatable bonds is 4. The predicted molar refractivity (Wildman–Crippen MR) is 632 cm³/mol. The van der Waals surface area contributed by atoms with Crippen molar-refractivity contribution >= 4 is 596 Å². The fourth-order valence-corrected chi connectivity index (χ4v) is 169. The Hall–Kier alpha value is 11.2. The van der Waals surface area contributed by atoms with Crippen LogP contribution in [0, 0.1) is 23.8 Å². The van der Waals surface area contributed by atoms with E-state index in [0.29, 0.717) is 12.1 Å². The van der Waals surface area contributed by atoms with Gasteiger partial charge in [0.2, 0.25) is 0 Å². The molecule has 4 atom stereocenters. The summed E-state index contributed by atoms with van der Waals surface area (Å²) in [5.74, 6) is 7.79. The van der Waals surface area contributed by atoms with E-state index in [1.807, 2.05) is 441 Å². The lowest BCUT2D eigenvalue weighted by atomic mass is 10.2. The van der Waals surface area contributed by atoms with Crippen molar-refractivity contribution in [2.45, 2.75) is 75.9 Å². The highest BCUT2D eigenvalue weighted by atomic mass is 35.5. The van der Waals surface area contributed by atoms with Gasteiger partial charge in [0.1, 0.15) is 19.7 Å². The van der Waals surface area contributed by atoms with Gasteiger partial charge in [-0.05, 0) is 49.9 Å². The first-order valence-electron chi connectivity index (χ1n) is 24.7. The molecule has 6 rings (SSSR count). The van der Waals surface area contributed by atoms with Gasteiger partial charge >= 0.3 is 0 Å². The summed E-state index contributed by atoms with van der Waals surface area (Å²) in [6.45, 7) is 10.4. The molecule has 4 aliphatic rings. The van der Waals surface area contributed by atoms with Crippen molar-refractivity contribution in [2.75, 3.05) is 42.5 Å². The lowest BCUT2D eigenvalue weighted by Crippen LogP contribution is -2.55. The number of halogens is 3. The van der Waals surface area contributed by atoms with E-state index in [1.54, 1.807) is 113 Å². The minimum absolute atomic E-state index is 0. The quantitative estimate of drug-likeness (QED) is 0.356. The molecule has 598 valence electrons. The highest BCUT2D eigenvalue weighted by Crippen LogP contribution is 2.32. The number of alkyl halides is 2. The molecular formula is C31H41ClF2N6S63Si. The Kier molecular flexibility index (Phi) is 84.1. The molecule has 4 saturated heterocycles. The number of pyridine rings is 2. The van der Waals surface area contributed by atoms with E-state index < -0.39 is 14.5 Å². The van der Waals surface area contributed by atoms with E-state index >= 15 is 0 Å². The largest absolute Gasteiger partial charge is 0.353 e. The zero-order chi connectivity index (χ0) is 73.4. The van der Waals surface area contributed by atoms with Gasteiger partial charge in [0.05, 0.1) is 6.54 Å². The zero-order valence-corrected chi connectivity index (χ0v) is 103. The normalized spacial score (nSPS) is 14.6. The van der Waals surface area contributed by atoms with Crippen LogP contribution >= 0.6 is 12.4 Å². The molecule has 0 spiro atoms. The predicted octanol–water partition coefficient (Wildman–Crippen LogP) is 4.50. The van der Waals surface area contributed by atoms with E-state index in [4.69, 9.17) is 28.8 Å². The van der Waals surface area contributed by atoms with Crippen LogP contribution in [0.5, 0.6) is 0 Å². The molecular weight excluding hydrogens is 2580 g/mol. The minimum atomic E-state index is -2.25. The van der Waals surface area contributed by atoms with E-state index in [0.717, 1.165) is 61.8 Å². The van der Waals surface area contributed by atoms with Gasteiger partial charge in [0.15, 0.2) is 0 Å². The van der Waals surface area contributed by atoms with Gasteiger partial charge in [-0.1, -0.05) is 31.5 Å². The summed E-state index contributed by atoms with van der Waals surface area (Å²) in [4.78, 5) is 15.5. The summed E-state index contributed by atoms with van der Waals surface area (Å²) in [6.07, 6.45) is 11.3. The SMILES string of the molecule is C#Cc1ccc(N2CC3CCC(C2)N3CC(F)F)nc1.C[Si](C)(C)C#Cc1ccc(N2CC3CCC(C2)N3)nc1.Cl.S=S=S=S=S=S=S=S=S=S=S=S=S=S=S=S=S=S=S=S=S=S=S=S=S=S=S=S=S=S=S=S=S=S=S=S=S=S=S=S=S=S=S=S=S=S=S=S=S=S=S=S=S=S=S=S=S=S=S=S=S=S=S. The maximum absolute atomic E-state index is 12.6. The minimum Gasteiger partial charge on any atom is -0.353 e. The molecule has 6 nitrogen and oxygen atoms in total. The lowest BCUT2D eigenvalue weighted by Gasteiger charge is -2.41. The van der Waals surface area contributed by atoms with E-state index in [-0.39, 0.29) is 31.0 Å². The Bertz CT molecular complexity index is 6240. The number of aromatic nitrogens is 2. The third kappa shape index (κ3) is 64.0. The average molecular weight is 2620 g/mol. The van der Waals surface area contributed by atoms with Gasteiger partial charge in [-0.25, -0.2) is 18.7 Å².